The maximum Gasteiger partial charge on any atom is 0.186 e. The summed E-state index contributed by atoms with van der Waals surface area (Å²) in [5.74, 6) is -0.599. The summed E-state index contributed by atoms with van der Waals surface area (Å²) in [4.78, 5) is 7.30. The molecule has 2 atom stereocenters. The van der Waals surface area contributed by atoms with Crippen molar-refractivity contribution in [1.29, 1.82) is 0 Å². The maximum absolute atomic E-state index is 13.6. The van der Waals surface area contributed by atoms with E-state index < -0.39 is 11.6 Å². The second kappa shape index (κ2) is 4.31. The van der Waals surface area contributed by atoms with Gasteiger partial charge in [-0.3, -0.25) is 0 Å². The largest absolute Gasteiger partial charge is 0.341 e. The van der Waals surface area contributed by atoms with Crippen molar-refractivity contribution >= 4 is 11.0 Å². The van der Waals surface area contributed by atoms with Crippen LogP contribution in [0.4, 0.5) is 8.78 Å². The smallest absolute Gasteiger partial charge is 0.186 e. The highest BCUT2D eigenvalue weighted by atomic mass is 19.2. The maximum atomic E-state index is 13.6. The molecule has 3 nitrogen and oxygen atoms in total. The number of hydrogen-bond acceptors (Lipinski definition) is 2. The summed E-state index contributed by atoms with van der Waals surface area (Å²) < 4.78 is 26.7. The van der Waals surface area contributed by atoms with Crippen molar-refractivity contribution in [3.63, 3.8) is 0 Å². The van der Waals surface area contributed by atoms with Gasteiger partial charge >= 0.3 is 0 Å². The number of benzene rings is 1. The van der Waals surface area contributed by atoms with Crippen LogP contribution in [0.15, 0.2) is 12.1 Å². The molecule has 1 fully saturated rings. The number of nitrogens with one attached hydrogen (secondary N) is 2. The fourth-order valence-electron chi connectivity index (χ4n) is 2.60. The lowest BCUT2D eigenvalue weighted by Crippen LogP contribution is -2.33. The first-order valence-corrected chi connectivity index (χ1v) is 6.24. The average molecular weight is 251 g/mol. The van der Waals surface area contributed by atoms with Crippen molar-refractivity contribution in [2.24, 2.45) is 5.92 Å². The number of aromatic amines is 1. The fourth-order valence-corrected chi connectivity index (χ4v) is 2.60. The van der Waals surface area contributed by atoms with Crippen LogP contribution in [0.2, 0.25) is 0 Å². The van der Waals surface area contributed by atoms with Crippen LogP contribution in [0.5, 0.6) is 0 Å². The molecule has 1 saturated heterocycles. The van der Waals surface area contributed by atoms with Crippen LogP contribution in [0.25, 0.3) is 11.0 Å². The zero-order valence-electron chi connectivity index (χ0n) is 10.1. The van der Waals surface area contributed by atoms with Crippen LogP contribution in [-0.4, -0.2) is 16.5 Å². The summed E-state index contributed by atoms with van der Waals surface area (Å²) in [6, 6.07) is 2.74. The molecule has 1 aliphatic heterocycles. The molecule has 2 N–H and O–H groups in total. The number of hydrogen-bond donors (Lipinski definition) is 2. The number of H-pyrrole nitrogens is 1. The van der Waals surface area contributed by atoms with E-state index in [1.54, 1.807) is 0 Å². The van der Waals surface area contributed by atoms with Gasteiger partial charge in [-0.15, -0.1) is 0 Å². The lowest BCUT2D eigenvalue weighted by molar-refractivity contribution is 0.296. The summed E-state index contributed by atoms with van der Waals surface area (Å²) in [6.07, 6.45) is 2.26. The molecule has 96 valence electrons. The minimum atomic E-state index is -0.876. The van der Waals surface area contributed by atoms with Crippen LogP contribution >= 0.6 is 0 Å². The molecule has 18 heavy (non-hydrogen) atoms. The molecule has 2 unspecified atom stereocenters. The molecule has 1 aliphatic rings. The zero-order chi connectivity index (χ0) is 12.7. The predicted molar refractivity (Wildman–Crippen MR) is 65.2 cm³/mol. The Kier molecular flexibility index (Phi) is 2.78. The van der Waals surface area contributed by atoms with Crippen molar-refractivity contribution in [1.82, 2.24) is 15.3 Å². The lowest BCUT2D eigenvalue weighted by atomic mass is 9.92. The summed E-state index contributed by atoms with van der Waals surface area (Å²) in [5.41, 5.74) is 0.632. The molecule has 0 spiro atoms. The fraction of sp³-hybridized carbons (Fsp3) is 0.462. The van der Waals surface area contributed by atoms with E-state index in [-0.39, 0.29) is 11.6 Å². The second-order valence-corrected chi connectivity index (χ2v) is 4.93. The van der Waals surface area contributed by atoms with Gasteiger partial charge in [0.05, 0.1) is 11.6 Å². The third kappa shape index (κ3) is 1.79. The van der Waals surface area contributed by atoms with Gasteiger partial charge in [0.1, 0.15) is 11.3 Å². The van der Waals surface area contributed by atoms with E-state index in [2.05, 4.69) is 22.2 Å². The molecule has 0 amide bonds. The number of piperidine rings is 1. The standard InChI is InChI=1S/C13H15F2N3/c1-7-3-2-6-16-11(7)13-17-9-5-4-8(14)10(15)12(9)18-13/h4-5,7,11,16H,2-3,6H2,1H3,(H,17,18). The number of aromatic nitrogens is 2. The summed E-state index contributed by atoms with van der Waals surface area (Å²) in [7, 11) is 0. The number of halogens is 2. The third-order valence-electron chi connectivity index (χ3n) is 3.63. The Bertz CT molecular complexity index is 579. The number of nitrogens with zero attached hydrogens (tertiary/aromatic N) is 1. The molecule has 2 aromatic rings. The minimum absolute atomic E-state index is 0.0876. The van der Waals surface area contributed by atoms with E-state index >= 15 is 0 Å². The summed E-state index contributed by atoms with van der Waals surface area (Å²) >= 11 is 0. The van der Waals surface area contributed by atoms with Crippen molar-refractivity contribution in [2.75, 3.05) is 6.54 Å². The van der Waals surface area contributed by atoms with Gasteiger partial charge in [-0.25, -0.2) is 13.8 Å². The van der Waals surface area contributed by atoms with Gasteiger partial charge in [0.25, 0.3) is 0 Å². The Morgan fingerprint density at radius 2 is 2.17 bits per heavy atom. The molecule has 0 aliphatic carbocycles. The van der Waals surface area contributed by atoms with Crippen LogP contribution in [0.1, 0.15) is 31.6 Å². The number of rotatable bonds is 1. The van der Waals surface area contributed by atoms with Gasteiger partial charge in [0.2, 0.25) is 0 Å². The third-order valence-corrected chi connectivity index (χ3v) is 3.63. The second-order valence-electron chi connectivity index (χ2n) is 4.93. The Morgan fingerprint density at radius 3 is 2.94 bits per heavy atom. The summed E-state index contributed by atoms with van der Waals surface area (Å²) in [6.45, 7) is 3.07. The highest BCUT2D eigenvalue weighted by Crippen LogP contribution is 2.29. The van der Waals surface area contributed by atoms with Crippen molar-refractivity contribution in [2.45, 2.75) is 25.8 Å². The minimum Gasteiger partial charge on any atom is -0.341 e. The van der Waals surface area contributed by atoms with Crippen LogP contribution < -0.4 is 5.32 Å². The van der Waals surface area contributed by atoms with E-state index in [0.717, 1.165) is 25.5 Å². The highest BCUT2D eigenvalue weighted by Gasteiger charge is 2.25. The van der Waals surface area contributed by atoms with Crippen LogP contribution in [0.3, 0.4) is 0 Å². The highest BCUT2D eigenvalue weighted by molar-refractivity contribution is 5.75. The first-order chi connectivity index (χ1) is 8.66. The molecule has 1 aromatic heterocycles. The zero-order valence-corrected chi connectivity index (χ0v) is 10.1. The Labute approximate surface area is 104 Å². The molecule has 5 heteroatoms. The van der Waals surface area contributed by atoms with Gasteiger partial charge in [-0.2, -0.15) is 0 Å². The SMILES string of the molecule is CC1CCCNC1c1nc2c(F)c(F)ccc2[nH]1. The van der Waals surface area contributed by atoms with E-state index in [1.807, 2.05) is 0 Å². The van der Waals surface area contributed by atoms with Gasteiger partial charge in [-0.05, 0) is 37.4 Å². The van der Waals surface area contributed by atoms with E-state index in [1.165, 1.54) is 6.07 Å². The van der Waals surface area contributed by atoms with Gasteiger partial charge < -0.3 is 10.3 Å². The first kappa shape index (κ1) is 11.6. The Balaban J connectivity index is 2.05. The van der Waals surface area contributed by atoms with Crippen molar-refractivity contribution in [3.8, 4) is 0 Å². The van der Waals surface area contributed by atoms with Gasteiger partial charge in [0.15, 0.2) is 11.6 Å². The quantitative estimate of drug-likeness (QED) is 0.818. The van der Waals surface area contributed by atoms with Crippen molar-refractivity contribution < 1.29 is 8.78 Å². The molecule has 0 radical (unpaired) electrons. The molecule has 1 aromatic carbocycles. The lowest BCUT2D eigenvalue weighted by Gasteiger charge is -2.28. The molecule has 0 saturated carbocycles. The normalized spacial score (nSPS) is 24.6. The van der Waals surface area contributed by atoms with Crippen molar-refractivity contribution in [3.05, 3.63) is 29.6 Å². The predicted octanol–water partition coefficient (Wildman–Crippen LogP) is 2.90. The van der Waals surface area contributed by atoms with Crippen LogP contribution in [-0.2, 0) is 0 Å². The van der Waals surface area contributed by atoms with E-state index in [4.69, 9.17) is 0 Å². The molecular weight excluding hydrogens is 236 g/mol. The Hall–Kier alpha value is -1.49. The average Bonchev–Trinajstić information content (AvgIpc) is 2.79. The topological polar surface area (TPSA) is 40.7 Å². The number of imidazole rings is 1. The van der Waals surface area contributed by atoms with Gasteiger partial charge in [0, 0.05) is 0 Å². The molecule has 0 bridgehead atoms. The molecule has 3 rings (SSSR count). The molecular formula is C13H15F2N3. The van der Waals surface area contributed by atoms with Crippen LogP contribution in [0, 0.1) is 17.6 Å². The molecule has 2 heterocycles. The van der Waals surface area contributed by atoms with Gasteiger partial charge in [-0.1, -0.05) is 6.92 Å². The van der Waals surface area contributed by atoms with E-state index in [9.17, 15) is 8.78 Å². The summed E-state index contributed by atoms with van der Waals surface area (Å²) in [5, 5.41) is 3.37. The first-order valence-electron chi connectivity index (χ1n) is 6.24. The number of fused-ring (bicyclic) bond motifs is 1. The monoisotopic (exact) mass is 251 g/mol. The Morgan fingerprint density at radius 1 is 1.33 bits per heavy atom. The van der Waals surface area contributed by atoms with E-state index in [0.29, 0.717) is 17.3 Å².